The smallest absolute Gasteiger partial charge is 0.101 e. The van der Waals surface area contributed by atoms with Crippen LogP contribution < -0.4 is 0 Å². The molecule has 0 aliphatic heterocycles. The summed E-state index contributed by atoms with van der Waals surface area (Å²) in [6, 6.07) is 0. The zero-order chi connectivity index (χ0) is 12.1. The number of alkyl halides is 1. The molecule has 2 rings (SSSR count). The van der Waals surface area contributed by atoms with Crippen molar-refractivity contribution >= 4 is 11.6 Å². The Bertz CT molecular complexity index is 350. The molecular formula is C12H20ClN3O. The zero-order valence-corrected chi connectivity index (χ0v) is 11.1. The number of hydrogen-bond acceptors (Lipinski definition) is 3. The van der Waals surface area contributed by atoms with E-state index < -0.39 is 0 Å². The Kier molecular flexibility index (Phi) is 4.80. The lowest BCUT2D eigenvalue weighted by Gasteiger charge is -2.06. The van der Waals surface area contributed by atoms with Crippen molar-refractivity contribution < 1.29 is 4.74 Å². The molecule has 4 nitrogen and oxygen atoms in total. The summed E-state index contributed by atoms with van der Waals surface area (Å²) in [5.74, 6) is 1.31. The normalized spacial score (nSPS) is 15.4. The Morgan fingerprint density at radius 3 is 2.88 bits per heavy atom. The van der Waals surface area contributed by atoms with Crippen LogP contribution in [0.5, 0.6) is 0 Å². The van der Waals surface area contributed by atoms with Gasteiger partial charge in [-0.05, 0) is 38.0 Å². The van der Waals surface area contributed by atoms with E-state index >= 15 is 0 Å². The summed E-state index contributed by atoms with van der Waals surface area (Å²) in [5, 5.41) is 8.37. The highest BCUT2D eigenvalue weighted by atomic mass is 35.5. The fourth-order valence-corrected chi connectivity index (χ4v) is 2.19. The van der Waals surface area contributed by atoms with Crippen molar-refractivity contribution in [3.63, 3.8) is 0 Å². The first-order valence-corrected chi connectivity index (χ1v) is 6.84. The van der Waals surface area contributed by atoms with Gasteiger partial charge in [-0.2, -0.15) is 0 Å². The molecule has 96 valence electrons. The average molecular weight is 258 g/mol. The van der Waals surface area contributed by atoms with Gasteiger partial charge in [0.25, 0.3) is 0 Å². The largest absolute Gasteiger partial charge is 0.385 e. The van der Waals surface area contributed by atoms with E-state index in [4.69, 9.17) is 16.3 Å². The summed E-state index contributed by atoms with van der Waals surface area (Å²) in [4.78, 5) is 0. The van der Waals surface area contributed by atoms with Gasteiger partial charge in [0.2, 0.25) is 0 Å². The van der Waals surface area contributed by atoms with E-state index in [0.717, 1.165) is 44.0 Å². The van der Waals surface area contributed by atoms with Crippen molar-refractivity contribution in [3.8, 4) is 0 Å². The molecule has 1 fully saturated rings. The van der Waals surface area contributed by atoms with E-state index in [-0.39, 0.29) is 0 Å². The molecule has 1 aromatic heterocycles. The predicted molar refractivity (Wildman–Crippen MR) is 67.1 cm³/mol. The number of nitrogens with zero attached hydrogens (tertiary/aromatic N) is 3. The number of unbranched alkanes of at least 4 members (excludes halogenated alkanes) is 1. The Hall–Kier alpha value is -0.610. The number of aromatic nitrogens is 3. The van der Waals surface area contributed by atoms with Crippen molar-refractivity contribution in [3.05, 3.63) is 11.4 Å². The summed E-state index contributed by atoms with van der Waals surface area (Å²) < 4.78 is 7.08. The van der Waals surface area contributed by atoms with Crippen LogP contribution in [0.2, 0.25) is 0 Å². The Balaban J connectivity index is 1.91. The molecule has 5 heteroatoms. The van der Waals surface area contributed by atoms with Gasteiger partial charge in [-0.25, -0.2) is 4.68 Å². The summed E-state index contributed by atoms with van der Waals surface area (Å²) in [6.45, 7) is 1.74. The van der Waals surface area contributed by atoms with E-state index in [1.165, 1.54) is 18.5 Å². The monoisotopic (exact) mass is 257 g/mol. The summed E-state index contributed by atoms with van der Waals surface area (Å²) in [5.41, 5.74) is 2.21. The Labute approximate surface area is 107 Å². The van der Waals surface area contributed by atoms with Crippen LogP contribution in [0, 0.1) is 5.92 Å². The maximum atomic E-state index is 5.90. The highest BCUT2D eigenvalue weighted by Gasteiger charge is 2.25. The van der Waals surface area contributed by atoms with Crippen molar-refractivity contribution in [2.45, 2.75) is 44.5 Å². The van der Waals surface area contributed by atoms with Crippen LogP contribution in [-0.4, -0.2) is 28.7 Å². The van der Waals surface area contributed by atoms with Crippen LogP contribution in [-0.2, 0) is 23.6 Å². The molecule has 1 heterocycles. The fraction of sp³-hybridized carbons (Fsp3) is 0.833. The molecule has 0 unspecified atom stereocenters. The molecule has 1 aliphatic rings. The topological polar surface area (TPSA) is 39.9 Å². The predicted octanol–water partition coefficient (Wildman–Crippen LogP) is 2.40. The minimum atomic E-state index is 0.472. The van der Waals surface area contributed by atoms with Crippen LogP contribution in [0.1, 0.15) is 37.1 Å². The second kappa shape index (κ2) is 6.36. The molecule has 0 spiro atoms. The number of halogens is 1. The lowest BCUT2D eigenvalue weighted by atomic mass is 10.2. The second-order valence-electron chi connectivity index (χ2n) is 4.69. The third-order valence-electron chi connectivity index (χ3n) is 3.19. The van der Waals surface area contributed by atoms with Gasteiger partial charge in [0.1, 0.15) is 5.69 Å². The average Bonchev–Trinajstić information content (AvgIpc) is 3.07. The molecule has 0 bridgehead atoms. The summed E-state index contributed by atoms with van der Waals surface area (Å²) in [7, 11) is 1.74. The number of rotatable bonds is 8. The molecule has 17 heavy (non-hydrogen) atoms. The third kappa shape index (κ3) is 3.68. The lowest BCUT2D eigenvalue weighted by Crippen LogP contribution is -2.08. The maximum Gasteiger partial charge on any atom is 0.101 e. The van der Waals surface area contributed by atoms with E-state index in [9.17, 15) is 0 Å². The molecule has 0 atom stereocenters. The number of methoxy groups -OCH3 is 1. The first-order valence-electron chi connectivity index (χ1n) is 6.31. The summed E-state index contributed by atoms with van der Waals surface area (Å²) in [6.07, 6.45) is 5.93. The second-order valence-corrected chi connectivity index (χ2v) is 4.95. The quantitative estimate of drug-likeness (QED) is 0.530. The first kappa shape index (κ1) is 12.8. The molecule has 0 aromatic carbocycles. The minimum absolute atomic E-state index is 0.472. The van der Waals surface area contributed by atoms with Gasteiger partial charge in [-0.3, -0.25) is 0 Å². The van der Waals surface area contributed by atoms with E-state index in [2.05, 4.69) is 10.3 Å². The van der Waals surface area contributed by atoms with Gasteiger partial charge in [0.15, 0.2) is 0 Å². The van der Waals surface area contributed by atoms with Crippen LogP contribution in [0.25, 0.3) is 0 Å². The molecule has 0 N–H and O–H groups in total. The van der Waals surface area contributed by atoms with Gasteiger partial charge in [-0.15, -0.1) is 16.7 Å². The van der Waals surface area contributed by atoms with Crippen molar-refractivity contribution in [1.29, 1.82) is 0 Å². The van der Waals surface area contributed by atoms with Gasteiger partial charge < -0.3 is 4.74 Å². The van der Waals surface area contributed by atoms with E-state index in [1.54, 1.807) is 7.11 Å². The number of ether oxygens (including phenoxy) is 1. The number of hydrogen-bond donors (Lipinski definition) is 0. The SMILES string of the molecule is COCCCCn1nnc(CCl)c1CC1CC1. The van der Waals surface area contributed by atoms with Gasteiger partial charge in [-0.1, -0.05) is 5.21 Å². The maximum absolute atomic E-state index is 5.90. The molecular weight excluding hydrogens is 238 g/mol. The van der Waals surface area contributed by atoms with Crippen molar-refractivity contribution in [2.75, 3.05) is 13.7 Å². The van der Waals surface area contributed by atoms with Gasteiger partial charge >= 0.3 is 0 Å². The first-order chi connectivity index (χ1) is 8.35. The fourth-order valence-electron chi connectivity index (χ4n) is 1.98. The molecule has 0 saturated heterocycles. The highest BCUT2D eigenvalue weighted by Crippen LogP contribution is 2.33. The minimum Gasteiger partial charge on any atom is -0.385 e. The van der Waals surface area contributed by atoms with Crippen LogP contribution >= 0.6 is 11.6 Å². The standard InChI is InChI=1S/C12H20ClN3O/c1-17-7-3-2-6-16-12(8-10-4-5-10)11(9-13)14-15-16/h10H,2-9H2,1H3. The van der Waals surface area contributed by atoms with Crippen LogP contribution in [0.3, 0.4) is 0 Å². The Morgan fingerprint density at radius 2 is 2.24 bits per heavy atom. The zero-order valence-electron chi connectivity index (χ0n) is 10.4. The molecule has 0 amide bonds. The molecule has 0 radical (unpaired) electrons. The highest BCUT2D eigenvalue weighted by molar-refractivity contribution is 6.16. The van der Waals surface area contributed by atoms with E-state index in [1.807, 2.05) is 4.68 Å². The Morgan fingerprint density at radius 1 is 1.41 bits per heavy atom. The van der Waals surface area contributed by atoms with E-state index in [0.29, 0.717) is 5.88 Å². The lowest BCUT2D eigenvalue weighted by molar-refractivity contribution is 0.190. The van der Waals surface area contributed by atoms with Crippen LogP contribution in [0.15, 0.2) is 0 Å². The summed E-state index contributed by atoms with van der Waals surface area (Å²) >= 11 is 5.90. The van der Waals surface area contributed by atoms with Gasteiger partial charge in [0, 0.05) is 20.3 Å². The molecule has 1 aliphatic carbocycles. The number of aryl methyl sites for hydroxylation is 1. The van der Waals surface area contributed by atoms with Crippen molar-refractivity contribution in [1.82, 2.24) is 15.0 Å². The molecule has 1 aromatic rings. The van der Waals surface area contributed by atoms with Crippen LogP contribution in [0.4, 0.5) is 0 Å². The third-order valence-corrected chi connectivity index (χ3v) is 3.45. The van der Waals surface area contributed by atoms with Gasteiger partial charge in [0.05, 0.1) is 11.6 Å². The molecule has 1 saturated carbocycles. The van der Waals surface area contributed by atoms with Crippen molar-refractivity contribution in [2.24, 2.45) is 5.92 Å².